The molecule has 4 aromatic carbocycles. The standard InChI is InChI=1S/C25H18F5O.2ClH.Zr/c1-12(2)16-11-15-9-13(3)10-17(15)18(14-7-5-4-6-8-14)24(16)31-25-22(29)20(27)19(26)21(28)23(25)30;;;/h4-12H,1-3H3;2*1H;/q-1;;;+3/p-2. The molecule has 0 aromatic heterocycles. The zero-order valence-electron chi connectivity index (χ0n) is 18.3. The summed E-state index contributed by atoms with van der Waals surface area (Å²) in [4.78, 5) is 0. The number of halogens is 7. The summed E-state index contributed by atoms with van der Waals surface area (Å²) < 4.78 is 75.5. The van der Waals surface area contributed by atoms with Gasteiger partial charge in [-0.1, -0.05) is 51.1 Å². The van der Waals surface area contributed by atoms with E-state index in [9.17, 15) is 22.0 Å². The summed E-state index contributed by atoms with van der Waals surface area (Å²) >= 11 is 0. The van der Waals surface area contributed by atoms with Crippen LogP contribution in [-0.2, 0) is 26.2 Å². The van der Waals surface area contributed by atoms with Gasteiger partial charge in [0.25, 0.3) is 0 Å². The van der Waals surface area contributed by atoms with E-state index < -0.39 is 34.8 Å². The molecule has 0 fully saturated rings. The first kappa shape index (κ1) is 30.2. The number of hydrogen-bond donors (Lipinski definition) is 0. The van der Waals surface area contributed by atoms with E-state index >= 15 is 0 Å². The fourth-order valence-corrected chi connectivity index (χ4v) is 3.72. The van der Waals surface area contributed by atoms with Crippen molar-refractivity contribution in [2.75, 3.05) is 0 Å². The van der Waals surface area contributed by atoms with E-state index in [1.165, 1.54) is 0 Å². The fraction of sp³-hybridized carbons (Fsp3) is 0.160. The van der Waals surface area contributed by atoms with Crippen molar-refractivity contribution in [1.82, 2.24) is 0 Å². The Balaban J connectivity index is 0.00000193. The first-order chi connectivity index (χ1) is 14.7. The number of hydrogen-bond acceptors (Lipinski definition) is 1. The maximum Gasteiger partial charge on any atom is 3.00 e. The Morgan fingerprint density at radius 3 is 1.82 bits per heavy atom. The molecule has 0 atom stereocenters. The van der Waals surface area contributed by atoms with Gasteiger partial charge in [-0.05, 0) is 22.6 Å². The van der Waals surface area contributed by atoms with Crippen molar-refractivity contribution in [3.8, 4) is 22.6 Å². The van der Waals surface area contributed by atoms with Crippen molar-refractivity contribution in [2.45, 2.75) is 26.7 Å². The summed E-state index contributed by atoms with van der Waals surface area (Å²) in [5.41, 5.74) is 2.77. The third-order valence-electron chi connectivity index (χ3n) is 5.19. The molecule has 0 aliphatic heterocycles. The summed E-state index contributed by atoms with van der Waals surface area (Å²) in [5, 5.41) is 1.65. The molecule has 0 spiro atoms. The molecule has 0 unspecified atom stereocenters. The van der Waals surface area contributed by atoms with E-state index in [2.05, 4.69) is 0 Å². The van der Waals surface area contributed by atoms with Crippen molar-refractivity contribution in [1.29, 1.82) is 0 Å². The minimum absolute atomic E-state index is 0. The van der Waals surface area contributed by atoms with Crippen LogP contribution in [0.5, 0.6) is 11.5 Å². The van der Waals surface area contributed by atoms with Crippen LogP contribution in [0, 0.1) is 36.0 Å². The molecule has 177 valence electrons. The van der Waals surface area contributed by atoms with Gasteiger partial charge in [-0.3, -0.25) is 0 Å². The maximum atomic E-state index is 14.4. The quantitative estimate of drug-likeness (QED) is 0.153. The molecule has 0 aliphatic rings. The zero-order chi connectivity index (χ0) is 22.4. The predicted molar refractivity (Wildman–Crippen MR) is 110 cm³/mol. The van der Waals surface area contributed by atoms with Gasteiger partial charge in [0.05, 0.1) is 0 Å². The largest absolute Gasteiger partial charge is 3.00 e. The first-order valence-electron chi connectivity index (χ1n) is 9.69. The summed E-state index contributed by atoms with van der Waals surface area (Å²) in [6.45, 7) is 5.63. The average Bonchev–Trinajstić information content (AvgIpc) is 3.13. The van der Waals surface area contributed by atoms with Crippen molar-refractivity contribution in [2.24, 2.45) is 0 Å². The molecule has 1 nitrogen and oxygen atoms in total. The smallest absolute Gasteiger partial charge is 1.00 e. The first-order valence-corrected chi connectivity index (χ1v) is 9.69. The normalized spacial score (nSPS) is 10.5. The minimum atomic E-state index is -2.23. The molecule has 0 amide bonds. The van der Waals surface area contributed by atoms with Crippen LogP contribution in [0.4, 0.5) is 22.0 Å². The molecule has 4 aromatic rings. The van der Waals surface area contributed by atoms with Gasteiger partial charge in [-0.2, -0.15) is 14.8 Å². The SMILES string of the molecule is Cc1cc2c(-c3ccccc3)c(Oc3c(F)c(F)c(F)c(F)c3F)c(C(C)C)cc2[cH-]1.[Cl-].[Cl-].[Zr+3]. The predicted octanol–water partition coefficient (Wildman–Crippen LogP) is 2.15. The van der Waals surface area contributed by atoms with Gasteiger partial charge in [-0.15, -0.1) is 28.5 Å². The maximum absolute atomic E-state index is 14.4. The number of aryl methyl sites for hydroxylation is 1. The topological polar surface area (TPSA) is 9.23 Å². The van der Waals surface area contributed by atoms with E-state index in [1.807, 2.05) is 45.0 Å². The summed E-state index contributed by atoms with van der Waals surface area (Å²) in [6.07, 6.45) is 0. The molecule has 0 saturated carbocycles. The monoisotopic (exact) mass is 589 g/mol. The van der Waals surface area contributed by atoms with Crippen LogP contribution in [-0.4, -0.2) is 0 Å². The number of rotatable bonds is 4. The summed E-state index contributed by atoms with van der Waals surface area (Å²) in [5.74, 6) is -11.8. The second kappa shape index (κ2) is 11.7. The molecule has 34 heavy (non-hydrogen) atoms. The van der Waals surface area contributed by atoms with Gasteiger partial charge >= 0.3 is 26.2 Å². The van der Waals surface area contributed by atoms with Crippen LogP contribution in [0.15, 0.2) is 48.5 Å². The summed E-state index contributed by atoms with van der Waals surface area (Å²) in [6, 6.07) is 14.7. The van der Waals surface area contributed by atoms with Gasteiger partial charge in [0, 0.05) is 0 Å². The second-order valence-corrected chi connectivity index (χ2v) is 7.73. The molecule has 0 bridgehead atoms. The van der Waals surface area contributed by atoms with Crippen LogP contribution in [0.25, 0.3) is 21.9 Å². The Kier molecular flexibility index (Phi) is 10.4. The summed E-state index contributed by atoms with van der Waals surface area (Å²) in [7, 11) is 0. The molecule has 0 N–H and O–H groups in total. The number of fused-ring (bicyclic) bond motifs is 1. The van der Waals surface area contributed by atoms with Crippen LogP contribution in [0.1, 0.15) is 30.9 Å². The molecular formula is C25H18Cl2F5OZr. The van der Waals surface area contributed by atoms with Crippen molar-refractivity contribution < 1.29 is 77.7 Å². The average molecular weight is 592 g/mol. The molecule has 9 heteroatoms. The Bertz CT molecular complexity index is 1280. The van der Waals surface area contributed by atoms with E-state index in [4.69, 9.17) is 4.74 Å². The van der Waals surface area contributed by atoms with Crippen LogP contribution in [0.3, 0.4) is 0 Å². The Morgan fingerprint density at radius 1 is 0.765 bits per heavy atom. The number of benzene rings is 3. The number of ether oxygens (including phenoxy) is 1. The molecule has 0 heterocycles. The second-order valence-electron chi connectivity index (χ2n) is 7.73. The molecular weight excluding hydrogens is 573 g/mol. The van der Waals surface area contributed by atoms with Gasteiger partial charge in [0.15, 0.2) is 0 Å². The van der Waals surface area contributed by atoms with Gasteiger partial charge in [0.1, 0.15) is 5.75 Å². The molecule has 4 rings (SSSR count). The van der Waals surface area contributed by atoms with Crippen LogP contribution in [0.2, 0.25) is 0 Å². The van der Waals surface area contributed by atoms with Crippen molar-refractivity contribution in [3.05, 3.63) is 88.7 Å². The molecule has 0 aliphatic carbocycles. The molecule has 1 radical (unpaired) electrons. The van der Waals surface area contributed by atoms with Crippen molar-refractivity contribution in [3.63, 3.8) is 0 Å². The third kappa shape index (κ3) is 5.22. The Labute approximate surface area is 225 Å². The van der Waals surface area contributed by atoms with E-state index in [0.717, 1.165) is 16.3 Å². The Morgan fingerprint density at radius 2 is 1.29 bits per heavy atom. The van der Waals surface area contributed by atoms with Crippen LogP contribution < -0.4 is 29.6 Å². The van der Waals surface area contributed by atoms with E-state index in [0.29, 0.717) is 16.7 Å². The van der Waals surface area contributed by atoms with Gasteiger partial charge in [-0.25, -0.2) is 13.2 Å². The zero-order valence-corrected chi connectivity index (χ0v) is 22.2. The van der Waals surface area contributed by atoms with Crippen molar-refractivity contribution >= 4 is 10.8 Å². The van der Waals surface area contributed by atoms with Gasteiger partial charge < -0.3 is 29.6 Å². The Hall–Kier alpha value is -1.82. The van der Waals surface area contributed by atoms with E-state index in [-0.39, 0.29) is 62.7 Å². The minimum Gasteiger partial charge on any atom is -1.00 e. The van der Waals surface area contributed by atoms with E-state index in [1.54, 1.807) is 24.3 Å². The van der Waals surface area contributed by atoms with Gasteiger partial charge in [0.2, 0.25) is 34.8 Å². The third-order valence-corrected chi connectivity index (χ3v) is 5.19. The van der Waals surface area contributed by atoms with Crippen LogP contribution >= 0.6 is 0 Å². The fourth-order valence-electron chi connectivity index (χ4n) is 3.72. The molecule has 0 saturated heterocycles.